The lowest BCUT2D eigenvalue weighted by Crippen LogP contribution is -2.34. The van der Waals surface area contributed by atoms with Crippen LogP contribution in [0.25, 0.3) is 21.9 Å². The predicted octanol–water partition coefficient (Wildman–Crippen LogP) is 3.36. The van der Waals surface area contributed by atoms with Crippen molar-refractivity contribution in [2.45, 2.75) is 19.4 Å². The summed E-state index contributed by atoms with van der Waals surface area (Å²) in [4.78, 5) is 11.9. The van der Waals surface area contributed by atoms with Crippen LogP contribution in [0.15, 0.2) is 46.9 Å². The molecule has 0 aliphatic heterocycles. The van der Waals surface area contributed by atoms with Crippen LogP contribution in [0.1, 0.15) is 19.4 Å². The summed E-state index contributed by atoms with van der Waals surface area (Å²) in [6.45, 7) is 3.38. The number of para-hydroxylation sites is 1. The molecule has 0 radical (unpaired) electrons. The van der Waals surface area contributed by atoms with E-state index in [9.17, 15) is 9.90 Å². The van der Waals surface area contributed by atoms with Crippen molar-refractivity contribution in [3.8, 4) is 0 Å². The summed E-state index contributed by atoms with van der Waals surface area (Å²) in [6, 6.07) is 12.9. The average Bonchev–Trinajstić information content (AvgIpc) is 2.85. The van der Waals surface area contributed by atoms with E-state index in [0.717, 1.165) is 21.9 Å². The molecule has 0 spiro atoms. The van der Waals surface area contributed by atoms with Gasteiger partial charge in [-0.05, 0) is 37.6 Å². The number of hydrogen-bond donors (Lipinski definition) is 1. The Bertz CT molecular complexity index is 814. The second-order valence-electron chi connectivity index (χ2n) is 5.10. The number of aliphatic hydroxyl groups is 1. The third-order valence-corrected chi connectivity index (χ3v) is 3.61. The van der Waals surface area contributed by atoms with Gasteiger partial charge in [-0.2, -0.15) is 0 Å². The first-order valence-electron chi connectivity index (χ1n) is 6.85. The Morgan fingerprint density at radius 3 is 2.67 bits per heavy atom. The van der Waals surface area contributed by atoms with E-state index in [0.29, 0.717) is 5.56 Å². The van der Waals surface area contributed by atoms with Crippen molar-refractivity contribution in [3.63, 3.8) is 0 Å². The predicted molar refractivity (Wildman–Crippen MR) is 79.9 cm³/mol. The molecule has 3 rings (SSSR count). The van der Waals surface area contributed by atoms with Gasteiger partial charge in [-0.25, -0.2) is 4.79 Å². The van der Waals surface area contributed by atoms with Crippen molar-refractivity contribution in [2.24, 2.45) is 0 Å². The molecule has 0 saturated carbocycles. The number of ether oxygens (including phenoxy) is 1. The summed E-state index contributed by atoms with van der Waals surface area (Å²) in [6.07, 6.45) is 0. The first-order valence-corrected chi connectivity index (χ1v) is 6.85. The number of furan rings is 1. The minimum atomic E-state index is -1.68. The molecule has 21 heavy (non-hydrogen) atoms. The van der Waals surface area contributed by atoms with Gasteiger partial charge >= 0.3 is 5.97 Å². The second kappa shape index (κ2) is 4.90. The highest BCUT2D eigenvalue weighted by Crippen LogP contribution is 2.32. The molecule has 0 aliphatic rings. The normalized spacial score (nSPS) is 14.2. The maximum absolute atomic E-state index is 11.9. The molecule has 0 amide bonds. The molecule has 1 atom stereocenters. The fourth-order valence-electron chi connectivity index (χ4n) is 2.42. The third-order valence-electron chi connectivity index (χ3n) is 3.61. The van der Waals surface area contributed by atoms with Crippen LogP contribution < -0.4 is 0 Å². The fraction of sp³-hybridized carbons (Fsp3) is 0.235. The molecule has 0 fully saturated rings. The van der Waals surface area contributed by atoms with E-state index in [-0.39, 0.29) is 6.61 Å². The molecule has 0 saturated heterocycles. The summed E-state index contributed by atoms with van der Waals surface area (Å²) in [5.41, 5.74) is 0.308. The van der Waals surface area contributed by atoms with Crippen molar-refractivity contribution in [1.82, 2.24) is 0 Å². The van der Waals surface area contributed by atoms with Crippen LogP contribution in [-0.4, -0.2) is 17.7 Å². The van der Waals surface area contributed by atoms with E-state index in [1.165, 1.54) is 6.92 Å². The maximum atomic E-state index is 11.9. The van der Waals surface area contributed by atoms with Crippen LogP contribution >= 0.6 is 0 Å². The molecule has 1 N–H and O–H groups in total. The summed E-state index contributed by atoms with van der Waals surface area (Å²) in [5.74, 6) is -0.655. The molecule has 0 bridgehead atoms. The molecule has 108 valence electrons. The lowest BCUT2D eigenvalue weighted by atomic mass is 9.94. The van der Waals surface area contributed by atoms with Crippen LogP contribution in [0.3, 0.4) is 0 Å². The fourth-order valence-corrected chi connectivity index (χ4v) is 2.42. The second-order valence-corrected chi connectivity index (χ2v) is 5.10. The van der Waals surface area contributed by atoms with Gasteiger partial charge in [0.1, 0.15) is 11.2 Å². The van der Waals surface area contributed by atoms with Crippen LogP contribution in [0.2, 0.25) is 0 Å². The Hall–Kier alpha value is -2.33. The number of carbonyl (C=O) groups excluding carboxylic acids is 1. The molecule has 1 unspecified atom stereocenters. The number of rotatable bonds is 3. The van der Waals surface area contributed by atoms with Gasteiger partial charge in [0.05, 0.1) is 6.61 Å². The minimum Gasteiger partial charge on any atom is -0.464 e. The number of fused-ring (bicyclic) bond motifs is 3. The lowest BCUT2D eigenvalue weighted by Gasteiger charge is -2.21. The van der Waals surface area contributed by atoms with Crippen LogP contribution in [0.4, 0.5) is 0 Å². The van der Waals surface area contributed by atoms with E-state index in [2.05, 4.69) is 0 Å². The van der Waals surface area contributed by atoms with Gasteiger partial charge in [0, 0.05) is 10.8 Å². The highest BCUT2D eigenvalue weighted by molar-refractivity contribution is 6.05. The van der Waals surface area contributed by atoms with Crippen LogP contribution in [0, 0.1) is 0 Å². The van der Waals surface area contributed by atoms with E-state index in [1.54, 1.807) is 25.1 Å². The number of hydrogen-bond acceptors (Lipinski definition) is 4. The highest BCUT2D eigenvalue weighted by Gasteiger charge is 2.34. The number of benzene rings is 2. The van der Waals surface area contributed by atoms with Gasteiger partial charge in [0.15, 0.2) is 5.60 Å². The molecular formula is C17H16O4. The Morgan fingerprint density at radius 1 is 1.19 bits per heavy atom. The molecule has 4 heteroatoms. The highest BCUT2D eigenvalue weighted by atomic mass is 16.5. The van der Waals surface area contributed by atoms with E-state index < -0.39 is 11.6 Å². The molecular weight excluding hydrogens is 268 g/mol. The molecule has 1 aromatic heterocycles. The number of esters is 1. The van der Waals surface area contributed by atoms with Gasteiger partial charge in [0.2, 0.25) is 0 Å². The first kappa shape index (κ1) is 13.6. The quantitative estimate of drug-likeness (QED) is 0.749. The SMILES string of the molecule is CCOC(=O)C(C)(O)c1ccc2oc3ccccc3c2c1. The van der Waals surface area contributed by atoms with Crippen molar-refractivity contribution in [3.05, 3.63) is 48.0 Å². The zero-order valence-corrected chi connectivity index (χ0v) is 11.9. The zero-order valence-electron chi connectivity index (χ0n) is 11.9. The topological polar surface area (TPSA) is 59.7 Å². The largest absolute Gasteiger partial charge is 0.464 e. The molecule has 0 aliphatic carbocycles. The molecule has 2 aromatic carbocycles. The Kier molecular flexibility index (Phi) is 3.18. The Labute approximate surface area is 121 Å². The van der Waals surface area contributed by atoms with Crippen LogP contribution in [-0.2, 0) is 15.1 Å². The van der Waals surface area contributed by atoms with E-state index >= 15 is 0 Å². The minimum absolute atomic E-state index is 0.228. The standard InChI is InChI=1S/C17H16O4/c1-3-20-16(18)17(2,19)11-8-9-15-13(10-11)12-6-4-5-7-14(12)21-15/h4-10,19H,3H2,1-2H3. The summed E-state index contributed by atoms with van der Waals surface area (Å²) < 4.78 is 10.7. The van der Waals surface area contributed by atoms with Gasteiger partial charge < -0.3 is 14.3 Å². The Morgan fingerprint density at radius 2 is 1.90 bits per heavy atom. The summed E-state index contributed by atoms with van der Waals surface area (Å²) >= 11 is 0. The monoisotopic (exact) mass is 284 g/mol. The maximum Gasteiger partial charge on any atom is 0.342 e. The van der Waals surface area contributed by atoms with Crippen LogP contribution in [0.5, 0.6) is 0 Å². The molecule has 4 nitrogen and oxygen atoms in total. The summed E-state index contributed by atoms with van der Waals surface area (Å²) in [7, 11) is 0. The van der Waals surface area contributed by atoms with Crippen molar-refractivity contribution >= 4 is 27.9 Å². The zero-order chi connectivity index (χ0) is 15.0. The summed E-state index contributed by atoms with van der Waals surface area (Å²) in [5, 5.41) is 12.3. The molecule has 1 heterocycles. The van der Waals surface area contributed by atoms with Gasteiger partial charge in [-0.15, -0.1) is 0 Å². The third kappa shape index (κ3) is 2.17. The van der Waals surface area contributed by atoms with E-state index in [1.807, 2.05) is 24.3 Å². The van der Waals surface area contributed by atoms with Gasteiger partial charge in [-0.1, -0.05) is 24.3 Å². The van der Waals surface area contributed by atoms with E-state index in [4.69, 9.17) is 9.15 Å². The van der Waals surface area contributed by atoms with Crippen molar-refractivity contribution < 1.29 is 19.1 Å². The van der Waals surface area contributed by atoms with Crippen molar-refractivity contribution in [1.29, 1.82) is 0 Å². The van der Waals surface area contributed by atoms with Gasteiger partial charge in [-0.3, -0.25) is 0 Å². The van der Waals surface area contributed by atoms with Crippen molar-refractivity contribution in [2.75, 3.05) is 6.61 Å². The average molecular weight is 284 g/mol. The smallest absolute Gasteiger partial charge is 0.342 e. The lowest BCUT2D eigenvalue weighted by molar-refractivity contribution is -0.164. The van der Waals surface area contributed by atoms with Gasteiger partial charge in [0.25, 0.3) is 0 Å². The number of carbonyl (C=O) groups is 1. The Balaban J connectivity index is 2.16. The molecule has 3 aromatic rings. The first-order chi connectivity index (χ1) is 10.0.